The van der Waals surface area contributed by atoms with Crippen LogP contribution < -0.4 is 14.4 Å². The number of nitrogens with zero attached hydrogens (tertiary/aromatic N) is 1. The molecule has 0 N–H and O–H groups in total. The summed E-state index contributed by atoms with van der Waals surface area (Å²) < 4.78 is 12.7. The molecule has 1 atom stereocenters. The molecule has 1 unspecified atom stereocenters. The minimum atomic E-state index is -1.60. The summed E-state index contributed by atoms with van der Waals surface area (Å²) in [5, 5.41) is 13.1. The van der Waals surface area contributed by atoms with Crippen molar-refractivity contribution in [2.75, 3.05) is 0 Å². The van der Waals surface area contributed by atoms with Crippen molar-refractivity contribution in [3.05, 3.63) is 81.9 Å². The van der Waals surface area contributed by atoms with Crippen LogP contribution >= 0.6 is 8.38 Å². The van der Waals surface area contributed by atoms with Crippen LogP contribution in [0, 0.1) is 10.1 Å². The molecule has 3 aromatic rings. The number of rotatable bonds is 3. The van der Waals surface area contributed by atoms with Gasteiger partial charge in [0.15, 0.2) is 0 Å². The van der Waals surface area contributed by atoms with Crippen LogP contribution in [0.3, 0.4) is 0 Å². The Balaban J connectivity index is 1.89. The first kappa shape index (κ1) is 22.3. The average Bonchev–Trinajstić information content (AvgIpc) is 2.72. The van der Waals surface area contributed by atoms with Gasteiger partial charge in [-0.2, -0.15) is 0 Å². The monoisotopic (exact) mass is 449 g/mol. The Morgan fingerprint density at radius 3 is 2.12 bits per heavy atom. The van der Waals surface area contributed by atoms with Crippen LogP contribution in [0.25, 0.3) is 11.1 Å². The van der Waals surface area contributed by atoms with Crippen LogP contribution in [-0.4, -0.2) is 4.92 Å². The molecule has 0 radical (unpaired) electrons. The van der Waals surface area contributed by atoms with Gasteiger partial charge >= 0.3 is 14.1 Å². The molecular formula is C26H28NO4P. The van der Waals surface area contributed by atoms with E-state index in [0.29, 0.717) is 0 Å². The maximum absolute atomic E-state index is 12.2. The quantitative estimate of drug-likeness (QED) is 0.240. The summed E-state index contributed by atoms with van der Waals surface area (Å²) in [4.78, 5) is 11.8. The summed E-state index contributed by atoms with van der Waals surface area (Å²) in [6, 6.07) is 19.4. The molecule has 1 heterocycles. The largest absolute Gasteiger partial charge is 0.435 e. The number of para-hydroxylation sites is 1. The van der Waals surface area contributed by atoms with E-state index in [-0.39, 0.29) is 27.2 Å². The predicted molar refractivity (Wildman–Crippen MR) is 130 cm³/mol. The molecule has 3 aromatic carbocycles. The Labute approximate surface area is 190 Å². The molecule has 6 heteroatoms. The van der Waals surface area contributed by atoms with Gasteiger partial charge in [-0.3, -0.25) is 10.1 Å². The first-order chi connectivity index (χ1) is 15.0. The standard InChI is InChI=1S/C26H28NO4P/c1-25(2,3)17-15-20(26(4,5)6)24(21(16-17)27(28)29)31-32-23-14-10-8-12-19(23)18-11-7-9-13-22(18)30-32/h7-16H,1-6H3. The number of benzene rings is 3. The number of hydrogen-bond donors (Lipinski definition) is 0. The van der Waals surface area contributed by atoms with Crippen molar-refractivity contribution in [1.82, 2.24) is 0 Å². The van der Waals surface area contributed by atoms with E-state index in [2.05, 4.69) is 20.8 Å². The van der Waals surface area contributed by atoms with Gasteiger partial charge in [-0.25, -0.2) is 0 Å². The van der Waals surface area contributed by atoms with E-state index in [9.17, 15) is 10.1 Å². The van der Waals surface area contributed by atoms with Gasteiger partial charge in [0.05, 0.1) is 10.2 Å². The molecule has 0 amide bonds. The number of nitro groups is 1. The highest BCUT2D eigenvalue weighted by Crippen LogP contribution is 2.53. The molecule has 0 spiro atoms. The smallest absolute Gasteiger partial charge is 0.327 e. The molecule has 0 saturated carbocycles. The Hall–Kier alpha value is -2.91. The van der Waals surface area contributed by atoms with E-state index in [1.54, 1.807) is 6.07 Å². The predicted octanol–water partition coefficient (Wildman–Crippen LogP) is 7.27. The zero-order valence-electron chi connectivity index (χ0n) is 19.3. The molecule has 32 heavy (non-hydrogen) atoms. The third-order valence-corrected chi connectivity index (χ3v) is 7.07. The summed E-state index contributed by atoms with van der Waals surface area (Å²) in [6.07, 6.45) is 0. The fourth-order valence-corrected chi connectivity index (χ4v) is 5.28. The zero-order chi connectivity index (χ0) is 23.3. The van der Waals surface area contributed by atoms with Gasteiger partial charge < -0.3 is 9.05 Å². The lowest BCUT2D eigenvalue weighted by Crippen LogP contribution is -2.21. The lowest BCUT2D eigenvalue weighted by molar-refractivity contribution is -0.385. The van der Waals surface area contributed by atoms with Crippen LogP contribution in [0.1, 0.15) is 52.7 Å². The summed E-state index contributed by atoms with van der Waals surface area (Å²) in [5.41, 5.74) is 3.13. The van der Waals surface area contributed by atoms with Gasteiger partial charge in [-0.05, 0) is 34.1 Å². The van der Waals surface area contributed by atoms with Crippen LogP contribution in [0.2, 0.25) is 0 Å². The Morgan fingerprint density at radius 2 is 1.50 bits per heavy atom. The Morgan fingerprint density at radius 1 is 0.875 bits per heavy atom. The summed E-state index contributed by atoms with van der Waals surface area (Å²) in [7, 11) is -1.60. The molecule has 1 aliphatic rings. The lowest BCUT2D eigenvalue weighted by atomic mass is 9.80. The second kappa shape index (κ2) is 7.90. The van der Waals surface area contributed by atoms with Crippen LogP contribution in [0.4, 0.5) is 5.69 Å². The third kappa shape index (κ3) is 4.10. The van der Waals surface area contributed by atoms with Crippen molar-refractivity contribution < 1.29 is 14.0 Å². The SMILES string of the molecule is CC(C)(C)c1cc([N+](=O)[O-])c(OP2Oc3ccccc3-c3ccccc32)c(C(C)(C)C)c1. The minimum Gasteiger partial charge on any atom is -0.435 e. The van der Waals surface area contributed by atoms with Gasteiger partial charge in [0.2, 0.25) is 5.75 Å². The van der Waals surface area contributed by atoms with Crippen molar-refractivity contribution in [3.63, 3.8) is 0 Å². The molecule has 166 valence electrons. The van der Waals surface area contributed by atoms with E-state index in [1.165, 1.54) is 0 Å². The van der Waals surface area contributed by atoms with E-state index in [1.807, 2.05) is 75.4 Å². The fourth-order valence-electron chi connectivity index (χ4n) is 3.75. The van der Waals surface area contributed by atoms with Crippen molar-refractivity contribution in [1.29, 1.82) is 0 Å². The summed E-state index contributed by atoms with van der Waals surface area (Å²) in [6.45, 7) is 12.3. The highest BCUT2D eigenvalue weighted by atomic mass is 31.2. The van der Waals surface area contributed by atoms with E-state index < -0.39 is 8.38 Å². The molecular weight excluding hydrogens is 421 g/mol. The van der Waals surface area contributed by atoms with Crippen LogP contribution in [0.15, 0.2) is 60.7 Å². The average molecular weight is 449 g/mol. The lowest BCUT2D eigenvalue weighted by Gasteiger charge is -2.30. The van der Waals surface area contributed by atoms with Gasteiger partial charge in [0.1, 0.15) is 5.75 Å². The maximum atomic E-state index is 12.2. The van der Waals surface area contributed by atoms with Crippen molar-refractivity contribution in [2.24, 2.45) is 0 Å². The normalized spacial score (nSPS) is 15.4. The fraction of sp³-hybridized carbons (Fsp3) is 0.308. The first-order valence-corrected chi connectivity index (χ1v) is 11.8. The van der Waals surface area contributed by atoms with E-state index in [4.69, 9.17) is 9.05 Å². The van der Waals surface area contributed by atoms with Crippen LogP contribution in [-0.2, 0) is 10.8 Å². The van der Waals surface area contributed by atoms with Crippen molar-refractivity contribution in [2.45, 2.75) is 52.4 Å². The molecule has 1 aliphatic heterocycles. The van der Waals surface area contributed by atoms with E-state index in [0.717, 1.165) is 33.3 Å². The first-order valence-electron chi connectivity index (χ1n) is 10.6. The zero-order valence-corrected chi connectivity index (χ0v) is 20.2. The molecule has 0 saturated heterocycles. The topological polar surface area (TPSA) is 61.6 Å². The molecule has 5 nitrogen and oxygen atoms in total. The van der Waals surface area contributed by atoms with Gasteiger partial charge in [-0.15, -0.1) is 0 Å². The maximum Gasteiger partial charge on any atom is 0.327 e. The molecule has 4 rings (SSSR count). The highest BCUT2D eigenvalue weighted by molar-refractivity contribution is 7.57. The van der Waals surface area contributed by atoms with Gasteiger partial charge in [0.25, 0.3) is 0 Å². The highest BCUT2D eigenvalue weighted by Gasteiger charge is 2.36. The Kier molecular flexibility index (Phi) is 5.50. The van der Waals surface area contributed by atoms with Gasteiger partial charge in [-0.1, -0.05) is 84.0 Å². The van der Waals surface area contributed by atoms with Crippen molar-refractivity contribution in [3.8, 4) is 22.6 Å². The van der Waals surface area contributed by atoms with Gasteiger partial charge in [0, 0.05) is 17.2 Å². The number of hydrogen-bond acceptors (Lipinski definition) is 4. The van der Waals surface area contributed by atoms with E-state index >= 15 is 0 Å². The summed E-state index contributed by atoms with van der Waals surface area (Å²) >= 11 is 0. The number of fused-ring (bicyclic) bond motifs is 3. The molecule has 0 aromatic heterocycles. The molecule has 0 aliphatic carbocycles. The molecule has 0 fully saturated rings. The van der Waals surface area contributed by atoms with Crippen molar-refractivity contribution >= 4 is 19.4 Å². The third-order valence-electron chi connectivity index (χ3n) is 5.57. The second-order valence-corrected chi connectivity index (χ2v) is 11.4. The minimum absolute atomic E-state index is 0.0233. The molecule has 0 bridgehead atoms. The Bertz CT molecular complexity index is 1190. The number of nitro benzene ring substituents is 1. The second-order valence-electron chi connectivity index (χ2n) is 10.1. The van der Waals surface area contributed by atoms with Crippen LogP contribution in [0.5, 0.6) is 11.5 Å². The summed E-state index contributed by atoms with van der Waals surface area (Å²) in [5.74, 6) is 1.01.